The highest BCUT2D eigenvalue weighted by Crippen LogP contribution is 2.25. The molecule has 22 heavy (non-hydrogen) atoms. The molecule has 114 valence electrons. The van der Waals surface area contributed by atoms with Crippen molar-refractivity contribution in [3.8, 4) is 0 Å². The third kappa shape index (κ3) is 2.97. The molecule has 0 unspecified atom stereocenters. The predicted molar refractivity (Wildman–Crippen MR) is 87.2 cm³/mol. The second kappa shape index (κ2) is 6.45. The highest BCUT2D eigenvalue weighted by atomic mass is 32.2. The number of fused-ring (bicyclic) bond motifs is 1. The van der Waals surface area contributed by atoms with Crippen LogP contribution in [0, 0.1) is 6.92 Å². The number of ether oxygens (including phenoxy) is 1. The SMILES string of the molecule is CCOC(=O)C(=Cc1cccs1)C1=Nn2c(C)nnc2SC1. The molecule has 2 aromatic heterocycles. The van der Waals surface area contributed by atoms with Crippen molar-refractivity contribution in [1.29, 1.82) is 0 Å². The van der Waals surface area contributed by atoms with Crippen molar-refractivity contribution in [1.82, 2.24) is 14.9 Å². The molecule has 0 bridgehead atoms. The number of thioether (sulfide) groups is 1. The van der Waals surface area contributed by atoms with E-state index in [4.69, 9.17) is 4.74 Å². The summed E-state index contributed by atoms with van der Waals surface area (Å²) in [6, 6.07) is 3.90. The van der Waals surface area contributed by atoms with Crippen LogP contribution in [0.2, 0.25) is 0 Å². The second-order valence-corrected chi connectivity index (χ2v) is 6.39. The third-order valence-corrected chi connectivity index (χ3v) is 4.71. The molecule has 8 heteroatoms. The highest BCUT2D eigenvalue weighted by Gasteiger charge is 2.24. The van der Waals surface area contributed by atoms with Gasteiger partial charge in [-0.25, -0.2) is 4.79 Å². The minimum absolute atomic E-state index is 0.331. The predicted octanol–water partition coefficient (Wildman–Crippen LogP) is 2.60. The van der Waals surface area contributed by atoms with Gasteiger partial charge in [-0.05, 0) is 31.4 Å². The molecule has 0 saturated heterocycles. The van der Waals surface area contributed by atoms with Crippen LogP contribution < -0.4 is 0 Å². The minimum atomic E-state index is -0.357. The zero-order valence-corrected chi connectivity index (χ0v) is 13.8. The van der Waals surface area contributed by atoms with Crippen LogP contribution in [0.1, 0.15) is 17.6 Å². The van der Waals surface area contributed by atoms with Crippen LogP contribution in [-0.4, -0.2) is 38.9 Å². The molecule has 0 N–H and O–H groups in total. The minimum Gasteiger partial charge on any atom is -0.462 e. The molecule has 3 rings (SSSR count). The molecule has 0 amide bonds. The molecule has 0 aromatic carbocycles. The van der Waals surface area contributed by atoms with E-state index < -0.39 is 0 Å². The smallest absolute Gasteiger partial charge is 0.340 e. The first-order valence-electron chi connectivity index (χ1n) is 6.74. The van der Waals surface area contributed by atoms with Crippen molar-refractivity contribution < 1.29 is 9.53 Å². The van der Waals surface area contributed by atoms with Crippen LogP contribution in [0.4, 0.5) is 0 Å². The molecular formula is C14H14N4O2S2. The number of hydrogen-bond donors (Lipinski definition) is 0. The second-order valence-electron chi connectivity index (χ2n) is 4.47. The Balaban J connectivity index is 2.01. The Kier molecular flexibility index (Phi) is 4.39. The number of nitrogens with zero attached hydrogens (tertiary/aromatic N) is 4. The summed E-state index contributed by atoms with van der Waals surface area (Å²) in [7, 11) is 0. The van der Waals surface area contributed by atoms with E-state index in [-0.39, 0.29) is 5.97 Å². The summed E-state index contributed by atoms with van der Waals surface area (Å²) in [5.74, 6) is 0.900. The molecule has 0 spiro atoms. The summed E-state index contributed by atoms with van der Waals surface area (Å²) in [6.07, 6.45) is 1.83. The third-order valence-electron chi connectivity index (χ3n) is 2.96. The fourth-order valence-corrected chi connectivity index (χ4v) is 3.47. The van der Waals surface area contributed by atoms with E-state index in [1.165, 1.54) is 11.8 Å². The van der Waals surface area contributed by atoms with Gasteiger partial charge in [0.15, 0.2) is 5.82 Å². The summed E-state index contributed by atoms with van der Waals surface area (Å²) in [6.45, 7) is 3.95. The van der Waals surface area contributed by atoms with Crippen molar-refractivity contribution in [2.75, 3.05) is 12.4 Å². The van der Waals surface area contributed by atoms with Gasteiger partial charge in [-0.15, -0.1) is 21.5 Å². The number of carbonyl (C=O) groups excluding carboxylic acids is 1. The standard InChI is InChI=1S/C14H14N4O2S2/c1-3-20-13(19)11(7-10-5-4-6-21-10)12-8-22-14-16-15-9(2)18(14)17-12/h4-7H,3,8H2,1-2H3. The van der Waals surface area contributed by atoms with E-state index in [0.717, 1.165) is 10.0 Å². The zero-order valence-electron chi connectivity index (χ0n) is 12.1. The molecule has 0 aliphatic carbocycles. The van der Waals surface area contributed by atoms with Crippen LogP contribution in [0.5, 0.6) is 0 Å². The van der Waals surface area contributed by atoms with Crippen molar-refractivity contribution in [2.24, 2.45) is 5.10 Å². The lowest BCUT2D eigenvalue weighted by Crippen LogP contribution is -2.21. The number of aromatic nitrogens is 3. The summed E-state index contributed by atoms with van der Waals surface area (Å²) in [5.41, 5.74) is 1.16. The van der Waals surface area contributed by atoms with E-state index in [9.17, 15) is 4.79 Å². The van der Waals surface area contributed by atoms with E-state index in [1.54, 1.807) is 22.9 Å². The van der Waals surface area contributed by atoms with Gasteiger partial charge in [-0.3, -0.25) is 0 Å². The molecule has 2 aromatic rings. The molecule has 0 atom stereocenters. The normalized spacial score (nSPS) is 14.5. The van der Waals surface area contributed by atoms with Crippen LogP contribution in [0.3, 0.4) is 0 Å². The Bertz CT molecular complexity index is 747. The van der Waals surface area contributed by atoms with Gasteiger partial charge in [-0.2, -0.15) is 9.78 Å². The van der Waals surface area contributed by atoms with Crippen LogP contribution >= 0.6 is 23.1 Å². The van der Waals surface area contributed by atoms with Gasteiger partial charge in [0.2, 0.25) is 5.16 Å². The van der Waals surface area contributed by atoms with Gasteiger partial charge >= 0.3 is 5.97 Å². The highest BCUT2D eigenvalue weighted by molar-refractivity contribution is 7.99. The fraction of sp³-hybridized carbons (Fsp3) is 0.286. The fourth-order valence-electron chi connectivity index (χ4n) is 1.94. The van der Waals surface area contributed by atoms with Gasteiger partial charge in [0, 0.05) is 10.6 Å². The maximum atomic E-state index is 12.3. The monoisotopic (exact) mass is 334 g/mol. The van der Waals surface area contributed by atoms with Crippen molar-refractivity contribution in [3.05, 3.63) is 33.8 Å². The summed E-state index contributed by atoms with van der Waals surface area (Å²) < 4.78 is 6.83. The lowest BCUT2D eigenvalue weighted by Gasteiger charge is -2.14. The van der Waals surface area contributed by atoms with Gasteiger partial charge in [0.05, 0.1) is 17.9 Å². The first-order chi connectivity index (χ1) is 10.7. The van der Waals surface area contributed by atoms with Crippen molar-refractivity contribution in [2.45, 2.75) is 19.0 Å². The number of rotatable bonds is 4. The number of esters is 1. The largest absolute Gasteiger partial charge is 0.462 e. The van der Waals surface area contributed by atoms with E-state index in [0.29, 0.717) is 29.5 Å². The average Bonchev–Trinajstić information content (AvgIpc) is 3.15. The molecular weight excluding hydrogens is 320 g/mol. The van der Waals surface area contributed by atoms with Crippen LogP contribution in [0.15, 0.2) is 33.3 Å². The zero-order chi connectivity index (χ0) is 15.5. The maximum absolute atomic E-state index is 12.3. The maximum Gasteiger partial charge on any atom is 0.340 e. The van der Waals surface area contributed by atoms with E-state index in [1.807, 2.05) is 30.5 Å². The van der Waals surface area contributed by atoms with E-state index in [2.05, 4.69) is 15.3 Å². The van der Waals surface area contributed by atoms with Gasteiger partial charge < -0.3 is 4.74 Å². The van der Waals surface area contributed by atoms with E-state index >= 15 is 0 Å². The quantitative estimate of drug-likeness (QED) is 0.635. The van der Waals surface area contributed by atoms with Gasteiger partial charge in [-0.1, -0.05) is 17.8 Å². The number of carbonyl (C=O) groups is 1. The Morgan fingerprint density at radius 2 is 2.36 bits per heavy atom. The van der Waals surface area contributed by atoms with Gasteiger partial charge in [0.25, 0.3) is 0 Å². The Hall–Kier alpha value is -1.93. The lowest BCUT2D eigenvalue weighted by atomic mass is 10.1. The lowest BCUT2D eigenvalue weighted by molar-refractivity contribution is -0.137. The summed E-state index contributed by atoms with van der Waals surface area (Å²) in [4.78, 5) is 13.3. The average molecular weight is 334 g/mol. The van der Waals surface area contributed by atoms with Gasteiger partial charge in [0.1, 0.15) is 0 Å². The summed E-state index contributed by atoms with van der Waals surface area (Å²) >= 11 is 3.07. The van der Waals surface area contributed by atoms with Crippen molar-refractivity contribution in [3.63, 3.8) is 0 Å². The summed E-state index contributed by atoms with van der Waals surface area (Å²) in [5, 5.41) is 15.3. The molecule has 0 saturated carbocycles. The molecule has 1 aliphatic rings. The van der Waals surface area contributed by atoms with Crippen LogP contribution in [-0.2, 0) is 9.53 Å². The molecule has 0 radical (unpaired) electrons. The molecule has 6 nitrogen and oxygen atoms in total. The number of hydrogen-bond acceptors (Lipinski definition) is 7. The molecule has 1 aliphatic heterocycles. The Morgan fingerprint density at radius 1 is 1.50 bits per heavy atom. The Labute approximate surface area is 135 Å². The topological polar surface area (TPSA) is 69.4 Å². The van der Waals surface area contributed by atoms with Crippen LogP contribution in [0.25, 0.3) is 6.08 Å². The molecule has 0 fully saturated rings. The number of aryl methyl sites for hydroxylation is 1. The number of thiophene rings is 1. The Morgan fingerprint density at radius 3 is 3.09 bits per heavy atom. The first kappa shape index (κ1) is 15.0. The first-order valence-corrected chi connectivity index (χ1v) is 8.61. The molecule has 3 heterocycles. The van der Waals surface area contributed by atoms with Crippen molar-refractivity contribution >= 4 is 40.9 Å².